The highest BCUT2D eigenvalue weighted by Crippen LogP contribution is 2.39. The first-order valence-electron chi connectivity index (χ1n) is 5.63. The van der Waals surface area contributed by atoms with Crippen molar-refractivity contribution in [2.24, 2.45) is 11.8 Å². The van der Waals surface area contributed by atoms with Gasteiger partial charge in [0.1, 0.15) is 0 Å². The second kappa shape index (κ2) is 4.46. The van der Waals surface area contributed by atoms with E-state index < -0.39 is 0 Å². The zero-order valence-corrected chi connectivity index (χ0v) is 10.3. The first-order chi connectivity index (χ1) is 7.59. The van der Waals surface area contributed by atoms with Crippen LogP contribution in [0.15, 0.2) is 24.3 Å². The first-order valence-corrected chi connectivity index (χ1v) is 6.07. The number of anilines is 1. The third-order valence-corrected chi connectivity index (χ3v) is 3.33. The van der Waals surface area contributed by atoms with Crippen molar-refractivity contribution in [1.82, 2.24) is 0 Å². The zero-order chi connectivity index (χ0) is 11.7. The van der Waals surface area contributed by atoms with Crippen LogP contribution in [-0.2, 0) is 4.79 Å². The van der Waals surface area contributed by atoms with Crippen LogP contribution in [0.4, 0.5) is 5.69 Å². The lowest BCUT2D eigenvalue weighted by Crippen LogP contribution is -2.15. The third kappa shape index (κ3) is 2.38. The molecule has 1 N–H and O–H groups in total. The van der Waals surface area contributed by atoms with Gasteiger partial charge in [0.05, 0.1) is 5.38 Å². The molecule has 0 aliphatic heterocycles. The lowest BCUT2D eigenvalue weighted by molar-refractivity contribution is -0.117. The molecule has 0 saturated heterocycles. The van der Waals surface area contributed by atoms with E-state index in [1.54, 1.807) is 0 Å². The molecular formula is C13H16ClNO. The van der Waals surface area contributed by atoms with Gasteiger partial charge in [0.25, 0.3) is 0 Å². The third-order valence-electron chi connectivity index (χ3n) is 3.09. The molecule has 86 valence electrons. The van der Waals surface area contributed by atoms with Crippen molar-refractivity contribution in [3.05, 3.63) is 29.8 Å². The Balaban J connectivity index is 2.11. The van der Waals surface area contributed by atoms with E-state index in [2.05, 4.69) is 12.2 Å². The molecule has 2 rings (SSSR count). The molecule has 1 aromatic rings. The molecule has 1 amide bonds. The first kappa shape index (κ1) is 11.5. The van der Waals surface area contributed by atoms with Crippen LogP contribution in [0.3, 0.4) is 0 Å². The molecule has 0 spiro atoms. The molecule has 3 unspecified atom stereocenters. The fourth-order valence-electron chi connectivity index (χ4n) is 1.87. The second-order valence-corrected chi connectivity index (χ2v) is 5.17. The van der Waals surface area contributed by atoms with Crippen LogP contribution in [-0.4, -0.2) is 5.91 Å². The summed E-state index contributed by atoms with van der Waals surface area (Å²) in [6, 6.07) is 7.70. The van der Waals surface area contributed by atoms with Crippen LogP contribution in [0.25, 0.3) is 0 Å². The Morgan fingerprint density at radius 2 is 2.12 bits per heavy atom. The summed E-state index contributed by atoms with van der Waals surface area (Å²) in [6.45, 7) is 4.01. The minimum atomic E-state index is -0.0897. The summed E-state index contributed by atoms with van der Waals surface area (Å²) in [5, 5.41) is 2.87. The maximum Gasteiger partial charge on any atom is 0.227 e. The average molecular weight is 238 g/mol. The van der Waals surface area contributed by atoms with Gasteiger partial charge in [-0.2, -0.15) is 0 Å². The molecule has 1 aromatic carbocycles. The smallest absolute Gasteiger partial charge is 0.227 e. The Bertz CT molecular complexity index is 403. The Hall–Kier alpha value is -1.02. The number of hydrogen-bond acceptors (Lipinski definition) is 1. The fourth-order valence-corrected chi connectivity index (χ4v) is 2.06. The Morgan fingerprint density at radius 3 is 2.69 bits per heavy atom. The van der Waals surface area contributed by atoms with E-state index in [-0.39, 0.29) is 17.2 Å². The predicted octanol–water partition coefficient (Wildman–Crippen LogP) is 3.58. The number of para-hydroxylation sites is 1. The van der Waals surface area contributed by atoms with E-state index in [0.29, 0.717) is 5.92 Å². The molecule has 0 aromatic heterocycles. The van der Waals surface area contributed by atoms with E-state index in [1.165, 1.54) is 0 Å². The molecule has 1 fully saturated rings. The van der Waals surface area contributed by atoms with Crippen LogP contribution >= 0.6 is 11.6 Å². The summed E-state index contributed by atoms with van der Waals surface area (Å²) in [7, 11) is 0. The lowest BCUT2D eigenvalue weighted by atomic mass is 10.1. The van der Waals surface area contributed by atoms with E-state index >= 15 is 0 Å². The standard InChI is InChI=1S/C13H16ClNO/c1-8-7-11(8)13(16)15-12-6-4-3-5-10(12)9(2)14/h3-6,8-9,11H,7H2,1-2H3,(H,15,16). The van der Waals surface area contributed by atoms with E-state index in [0.717, 1.165) is 17.7 Å². The van der Waals surface area contributed by atoms with Crippen LogP contribution < -0.4 is 5.32 Å². The van der Waals surface area contributed by atoms with Crippen LogP contribution in [0, 0.1) is 11.8 Å². The van der Waals surface area contributed by atoms with Gasteiger partial charge in [-0.05, 0) is 30.9 Å². The van der Waals surface area contributed by atoms with Crippen molar-refractivity contribution in [2.75, 3.05) is 5.32 Å². The van der Waals surface area contributed by atoms with Gasteiger partial charge in [-0.1, -0.05) is 25.1 Å². The summed E-state index contributed by atoms with van der Waals surface area (Å²) in [5.74, 6) is 0.844. The van der Waals surface area contributed by atoms with Gasteiger partial charge < -0.3 is 5.32 Å². The van der Waals surface area contributed by atoms with Gasteiger partial charge >= 0.3 is 0 Å². The van der Waals surface area contributed by atoms with Gasteiger partial charge in [-0.15, -0.1) is 11.6 Å². The van der Waals surface area contributed by atoms with E-state index in [4.69, 9.17) is 11.6 Å². The van der Waals surface area contributed by atoms with Crippen LogP contribution in [0.2, 0.25) is 0 Å². The normalized spacial score (nSPS) is 24.9. The quantitative estimate of drug-likeness (QED) is 0.800. The minimum absolute atomic E-state index is 0.0897. The topological polar surface area (TPSA) is 29.1 Å². The molecule has 0 heterocycles. The number of benzene rings is 1. The van der Waals surface area contributed by atoms with E-state index in [9.17, 15) is 4.79 Å². The number of carbonyl (C=O) groups excluding carboxylic acids is 1. The Labute approximate surface area is 101 Å². The van der Waals surface area contributed by atoms with Crippen LogP contribution in [0.1, 0.15) is 31.2 Å². The van der Waals surface area contributed by atoms with E-state index in [1.807, 2.05) is 31.2 Å². The summed E-state index contributed by atoms with van der Waals surface area (Å²) in [4.78, 5) is 11.8. The second-order valence-electron chi connectivity index (χ2n) is 4.51. The van der Waals surface area contributed by atoms with Crippen molar-refractivity contribution in [1.29, 1.82) is 0 Å². The largest absolute Gasteiger partial charge is 0.326 e. The maximum atomic E-state index is 11.8. The molecule has 1 aliphatic carbocycles. The average Bonchev–Trinajstić information content (AvgIpc) is 2.96. The van der Waals surface area contributed by atoms with Crippen molar-refractivity contribution < 1.29 is 4.79 Å². The number of carbonyl (C=O) groups is 1. The molecule has 2 nitrogen and oxygen atoms in total. The highest BCUT2D eigenvalue weighted by Gasteiger charge is 2.39. The number of halogens is 1. The highest BCUT2D eigenvalue weighted by molar-refractivity contribution is 6.21. The van der Waals surface area contributed by atoms with Gasteiger partial charge in [-0.3, -0.25) is 4.79 Å². The Kier molecular flexibility index (Phi) is 3.20. The fraction of sp³-hybridized carbons (Fsp3) is 0.462. The monoisotopic (exact) mass is 237 g/mol. The molecule has 1 aliphatic rings. The Morgan fingerprint density at radius 1 is 1.50 bits per heavy atom. The number of nitrogens with one attached hydrogen (secondary N) is 1. The number of rotatable bonds is 3. The molecule has 16 heavy (non-hydrogen) atoms. The SMILES string of the molecule is CC(Cl)c1ccccc1NC(=O)C1CC1C. The highest BCUT2D eigenvalue weighted by atomic mass is 35.5. The van der Waals surface area contributed by atoms with Crippen molar-refractivity contribution in [3.63, 3.8) is 0 Å². The van der Waals surface area contributed by atoms with Crippen molar-refractivity contribution in [2.45, 2.75) is 25.6 Å². The van der Waals surface area contributed by atoms with Crippen LogP contribution in [0.5, 0.6) is 0 Å². The summed E-state index contributed by atoms with van der Waals surface area (Å²) < 4.78 is 0. The van der Waals surface area contributed by atoms with Gasteiger partial charge in [0.15, 0.2) is 0 Å². The summed E-state index contributed by atoms with van der Waals surface area (Å²) in [5.41, 5.74) is 1.82. The van der Waals surface area contributed by atoms with Crippen molar-refractivity contribution >= 4 is 23.2 Å². The molecule has 1 saturated carbocycles. The van der Waals surface area contributed by atoms with Gasteiger partial charge in [0.2, 0.25) is 5.91 Å². The number of alkyl halides is 1. The minimum Gasteiger partial charge on any atom is -0.326 e. The molecule has 3 atom stereocenters. The zero-order valence-electron chi connectivity index (χ0n) is 9.53. The molecule has 0 radical (unpaired) electrons. The van der Waals surface area contributed by atoms with Crippen molar-refractivity contribution in [3.8, 4) is 0 Å². The summed E-state index contributed by atoms with van der Waals surface area (Å²) in [6.07, 6.45) is 1.00. The molecular weight excluding hydrogens is 222 g/mol. The summed E-state index contributed by atoms with van der Waals surface area (Å²) >= 11 is 6.06. The van der Waals surface area contributed by atoms with Gasteiger partial charge in [0, 0.05) is 11.6 Å². The molecule has 3 heteroatoms. The maximum absolute atomic E-state index is 11.8. The molecule has 0 bridgehead atoms. The predicted molar refractivity (Wildman–Crippen MR) is 66.6 cm³/mol. The van der Waals surface area contributed by atoms with Gasteiger partial charge in [-0.25, -0.2) is 0 Å². The lowest BCUT2D eigenvalue weighted by Gasteiger charge is -2.12. The number of hydrogen-bond donors (Lipinski definition) is 1. The number of amides is 1.